The highest BCUT2D eigenvalue weighted by Crippen LogP contribution is 2.34. The van der Waals surface area contributed by atoms with Crippen molar-refractivity contribution in [3.8, 4) is 28.8 Å². The quantitative estimate of drug-likeness (QED) is 0.431. The Morgan fingerprint density at radius 3 is 2.53 bits per heavy atom. The molecule has 0 amide bonds. The number of nitrogens with zero attached hydrogens (tertiary/aromatic N) is 3. The van der Waals surface area contributed by atoms with Gasteiger partial charge >= 0.3 is 12.4 Å². The molecule has 0 saturated heterocycles. The molecule has 2 aromatic heterocycles. The molecule has 0 aliphatic carbocycles. The Morgan fingerprint density at radius 2 is 1.78 bits per heavy atom. The van der Waals surface area contributed by atoms with E-state index in [4.69, 9.17) is 9.47 Å². The number of benzene rings is 2. The molecule has 0 unspecified atom stereocenters. The molecule has 4 aromatic rings. The van der Waals surface area contributed by atoms with Gasteiger partial charge in [0.2, 0.25) is 5.88 Å². The van der Waals surface area contributed by atoms with Crippen molar-refractivity contribution < 1.29 is 27.4 Å². The van der Waals surface area contributed by atoms with Crippen LogP contribution in [-0.4, -0.2) is 35.5 Å². The van der Waals surface area contributed by atoms with Crippen LogP contribution in [0.2, 0.25) is 0 Å². The maximum Gasteiger partial charge on any atom is 0.573 e. The van der Waals surface area contributed by atoms with Crippen LogP contribution in [0.1, 0.15) is 0 Å². The van der Waals surface area contributed by atoms with Crippen molar-refractivity contribution in [2.75, 3.05) is 19.5 Å². The van der Waals surface area contributed by atoms with E-state index in [9.17, 15) is 13.2 Å². The summed E-state index contributed by atoms with van der Waals surface area (Å²) in [5.74, 6) is 0.0432. The van der Waals surface area contributed by atoms with Crippen molar-refractivity contribution in [3.63, 3.8) is 0 Å². The molecule has 0 saturated carbocycles. The Labute approximate surface area is 180 Å². The molecule has 0 radical (unpaired) electrons. The largest absolute Gasteiger partial charge is 0.573 e. The molecule has 0 spiro atoms. The fourth-order valence-corrected chi connectivity index (χ4v) is 3.15. The fraction of sp³-hybridized carbons (Fsp3) is 0.136. The van der Waals surface area contributed by atoms with Crippen molar-refractivity contribution in [2.24, 2.45) is 0 Å². The first-order chi connectivity index (χ1) is 15.4. The van der Waals surface area contributed by atoms with Gasteiger partial charge in [-0.1, -0.05) is 18.2 Å². The minimum Gasteiger partial charge on any atom is -0.480 e. The highest BCUT2D eigenvalue weighted by molar-refractivity contribution is 5.95. The molecule has 0 bridgehead atoms. The van der Waals surface area contributed by atoms with Gasteiger partial charge in [-0.15, -0.1) is 13.2 Å². The van der Waals surface area contributed by atoms with Crippen LogP contribution in [-0.2, 0) is 0 Å². The van der Waals surface area contributed by atoms with E-state index in [-0.39, 0.29) is 11.8 Å². The molecule has 0 aliphatic heterocycles. The first kappa shape index (κ1) is 21.2. The second kappa shape index (κ2) is 8.58. The zero-order valence-electron chi connectivity index (χ0n) is 17.0. The van der Waals surface area contributed by atoms with Crippen LogP contribution in [0, 0.1) is 0 Å². The predicted molar refractivity (Wildman–Crippen MR) is 112 cm³/mol. The molecule has 2 aromatic carbocycles. The second-order valence-corrected chi connectivity index (χ2v) is 6.57. The summed E-state index contributed by atoms with van der Waals surface area (Å²) in [5, 5.41) is 3.89. The molecular formula is C22H17F3N4O3. The number of halogens is 3. The molecule has 0 fully saturated rings. The summed E-state index contributed by atoms with van der Waals surface area (Å²) in [5.41, 5.74) is 3.21. The number of alkyl halides is 3. The van der Waals surface area contributed by atoms with Gasteiger partial charge in [-0.2, -0.15) is 4.98 Å². The Morgan fingerprint density at radius 1 is 0.938 bits per heavy atom. The summed E-state index contributed by atoms with van der Waals surface area (Å²) in [7, 11) is 2.97. The summed E-state index contributed by atoms with van der Waals surface area (Å²) in [6.07, 6.45) is -1.56. The first-order valence-electron chi connectivity index (χ1n) is 9.33. The normalized spacial score (nSPS) is 11.3. The standard InChI is InChI=1S/C22H17F3N4O3/c1-30-20-17(12-27-21(29-20)31-2)13-6-7-16-18(8-9-26-19(16)10-13)28-14-4-3-5-15(11-14)32-22(23,24)25/h3-12H,1-2H3,(H,26,28). The SMILES string of the molecule is COc1ncc(-c2ccc3c(Nc4cccc(OC(F)(F)F)c4)ccnc3c2)c(OC)n1. The van der Waals surface area contributed by atoms with Crippen molar-refractivity contribution in [2.45, 2.75) is 6.36 Å². The van der Waals surface area contributed by atoms with Crippen LogP contribution in [0.15, 0.2) is 60.9 Å². The number of hydrogen-bond donors (Lipinski definition) is 1. The molecule has 7 nitrogen and oxygen atoms in total. The topological polar surface area (TPSA) is 78.4 Å². The van der Waals surface area contributed by atoms with Gasteiger partial charge in [0.15, 0.2) is 0 Å². The number of nitrogens with one attached hydrogen (secondary N) is 1. The first-order valence-corrected chi connectivity index (χ1v) is 9.33. The van der Waals surface area contributed by atoms with Gasteiger partial charge in [0.05, 0.1) is 25.3 Å². The van der Waals surface area contributed by atoms with E-state index in [0.29, 0.717) is 28.3 Å². The van der Waals surface area contributed by atoms with Crippen LogP contribution < -0.4 is 19.5 Å². The van der Waals surface area contributed by atoms with Crippen molar-refractivity contribution in [3.05, 3.63) is 60.9 Å². The summed E-state index contributed by atoms with van der Waals surface area (Å²) >= 11 is 0. The second-order valence-electron chi connectivity index (χ2n) is 6.57. The molecule has 164 valence electrons. The average Bonchev–Trinajstić information content (AvgIpc) is 2.77. The number of methoxy groups -OCH3 is 2. The number of ether oxygens (including phenoxy) is 3. The van der Waals surface area contributed by atoms with Crippen molar-refractivity contribution >= 4 is 22.3 Å². The summed E-state index contributed by atoms with van der Waals surface area (Å²) in [4.78, 5) is 12.7. The zero-order chi connectivity index (χ0) is 22.7. The monoisotopic (exact) mass is 442 g/mol. The number of rotatable bonds is 6. The lowest BCUT2D eigenvalue weighted by Gasteiger charge is -2.13. The molecule has 10 heteroatoms. The van der Waals surface area contributed by atoms with Crippen LogP contribution in [0.4, 0.5) is 24.5 Å². The van der Waals surface area contributed by atoms with Crippen molar-refractivity contribution in [1.29, 1.82) is 0 Å². The van der Waals surface area contributed by atoms with Gasteiger partial charge in [0, 0.05) is 35.2 Å². The van der Waals surface area contributed by atoms with Crippen LogP contribution in [0.25, 0.3) is 22.0 Å². The Hall–Kier alpha value is -4.08. The van der Waals surface area contributed by atoms with Gasteiger partial charge in [0.1, 0.15) is 5.75 Å². The number of anilines is 2. The molecule has 0 aliphatic rings. The van der Waals surface area contributed by atoms with Crippen LogP contribution in [0.5, 0.6) is 17.6 Å². The third-order valence-corrected chi connectivity index (χ3v) is 4.51. The lowest BCUT2D eigenvalue weighted by atomic mass is 10.0. The lowest BCUT2D eigenvalue weighted by Crippen LogP contribution is -2.17. The predicted octanol–water partition coefficient (Wildman–Crippen LogP) is 5.35. The van der Waals surface area contributed by atoms with Gasteiger partial charge in [0.25, 0.3) is 0 Å². The van der Waals surface area contributed by atoms with E-state index < -0.39 is 6.36 Å². The van der Waals surface area contributed by atoms with E-state index >= 15 is 0 Å². The number of fused-ring (bicyclic) bond motifs is 1. The summed E-state index contributed by atoms with van der Waals surface area (Å²) in [6, 6.07) is 13.1. The summed E-state index contributed by atoms with van der Waals surface area (Å²) < 4.78 is 51.9. The third-order valence-electron chi connectivity index (χ3n) is 4.51. The molecule has 32 heavy (non-hydrogen) atoms. The van der Waals surface area contributed by atoms with Gasteiger partial charge < -0.3 is 19.5 Å². The molecule has 1 N–H and O–H groups in total. The Balaban J connectivity index is 1.67. The van der Waals surface area contributed by atoms with E-state index in [1.807, 2.05) is 18.2 Å². The average molecular weight is 442 g/mol. The Kier molecular flexibility index (Phi) is 5.67. The molecule has 2 heterocycles. The molecule has 0 atom stereocenters. The minimum absolute atomic E-state index is 0.188. The van der Waals surface area contributed by atoms with E-state index in [1.165, 1.54) is 32.4 Å². The van der Waals surface area contributed by atoms with Crippen LogP contribution >= 0.6 is 0 Å². The summed E-state index contributed by atoms with van der Waals surface area (Å²) in [6.45, 7) is 0. The van der Waals surface area contributed by atoms with E-state index in [0.717, 1.165) is 10.9 Å². The number of aromatic nitrogens is 3. The van der Waals surface area contributed by atoms with Gasteiger partial charge in [-0.25, -0.2) is 4.98 Å². The highest BCUT2D eigenvalue weighted by Gasteiger charge is 2.31. The van der Waals surface area contributed by atoms with E-state index in [1.54, 1.807) is 24.5 Å². The maximum absolute atomic E-state index is 12.5. The van der Waals surface area contributed by atoms with E-state index in [2.05, 4.69) is 25.0 Å². The highest BCUT2D eigenvalue weighted by atomic mass is 19.4. The van der Waals surface area contributed by atoms with Crippen LogP contribution in [0.3, 0.4) is 0 Å². The maximum atomic E-state index is 12.5. The molecule has 4 rings (SSSR count). The van der Waals surface area contributed by atoms with Gasteiger partial charge in [-0.3, -0.25) is 4.98 Å². The lowest BCUT2D eigenvalue weighted by molar-refractivity contribution is -0.274. The van der Waals surface area contributed by atoms with Gasteiger partial charge in [-0.05, 0) is 29.8 Å². The molecular weight excluding hydrogens is 425 g/mol. The van der Waals surface area contributed by atoms with Crippen molar-refractivity contribution in [1.82, 2.24) is 15.0 Å². The number of hydrogen-bond acceptors (Lipinski definition) is 7. The Bertz CT molecular complexity index is 1260. The third kappa shape index (κ3) is 4.64. The fourth-order valence-electron chi connectivity index (χ4n) is 3.15. The number of pyridine rings is 1. The smallest absolute Gasteiger partial charge is 0.480 e. The minimum atomic E-state index is -4.76. The zero-order valence-corrected chi connectivity index (χ0v) is 17.0.